The molecule has 0 bridgehead atoms. The molecule has 1 N–H and O–H groups in total. The Kier molecular flexibility index (Phi) is 5.85. The Morgan fingerprint density at radius 3 is 2.69 bits per heavy atom. The van der Waals surface area contributed by atoms with Gasteiger partial charge in [-0.1, -0.05) is 41.4 Å². The minimum absolute atomic E-state index is 0.0889. The quantitative estimate of drug-likeness (QED) is 0.787. The molecule has 136 valence electrons. The van der Waals surface area contributed by atoms with Gasteiger partial charge in [0.2, 0.25) is 0 Å². The fraction of sp³-hybridized carbons (Fsp3) is 0.222. The second-order valence-corrected chi connectivity index (χ2v) is 6.26. The predicted octanol–water partition coefficient (Wildman–Crippen LogP) is 3.11. The monoisotopic (exact) mass is 395 g/mol. The molecule has 6 nitrogen and oxygen atoms in total. The third-order valence-corrected chi connectivity index (χ3v) is 4.42. The summed E-state index contributed by atoms with van der Waals surface area (Å²) in [6.07, 6.45) is -0.327. The maximum Gasteiger partial charge on any atom is 0.340 e. The number of carbonyl (C=O) groups is 2. The number of hydrogen-bond acceptors (Lipinski definition) is 5. The number of halogens is 2. The van der Waals surface area contributed by atoms with E-state index in [-0.39, 0.29) is 28.3 Å². The van der Waals surface area contributed by atoms with Gasteiger partial charge in [-0.05, 0) is 24.3 Å². The number of benzene rings is 2. The number of nitrogens with one attached hydrogen (secondary N) is 1. The maximum absolute atomic E-state index is 12.0. The lowest BCUT2D eigenvalue weighted by atomic mass is 10.2. The van der Waals surface area contributed by atoms with E-state index in [2.05, 4.69) is 5.32 Å². The highest BCUT2D eigenvalue weighted by Gasteiger charge is 2.21. The van der Waals surface area contributed by atoms with E-state index in [1.807, 2.05) is 18.2 Å². The van der Waals surface area contributed by atoms with E-state index in [1.165, 1.54) is 6.07 Å². The molecule has 1 aliphatic rings. The minimum atomic E-state index is -0.723. The van der Waals surface area contributed by atoms with E-state index >= 15 is 0 Å². The lowest BCUT2D eigenvalue weighted by Crippen LogP contribution is -2.42. The van der Waals surface area contributed by atoms with E-state index in [9.17, 15) is 9.59 Å². The van der Waals surface area contributed by atoms with Gasteiger partial charge in [-0.2, -0.15) is 0 Å². The van der Waals surface area contributed by atoms with Gasteiger partial charge in [0.05, 0.1) is 22.2 Å². The van der Waals surface area contributed by atoms with Gasteiger partial charge < -0.3 is 19.5 Å². The van der Waals surface area contributed by atoms with Gasteiger partial charge in [0.25, 0.3) is 5.91 Å². The molecule has 3 rings (SSSR count). The molecule has 2 aromatic carbocycles. The Morgan fingerprint density at radius 1 is 1.12 bits per heavy atom. The molecule has 2 aromatic rings. The Balaban J connectivity index is 1.45. The number of ether oxygens (including phenoxy) is 3. The molecule has 0 fully saturated rings. The van der Waals surface area contributed by atoms with Crippen molar-refractivity contribution in [2.24, 2.45) is 0 Å². The summed E-state index contributed by atoms with van der Waals surface area (Å²) in [5.41, 5.74) is 0.104. The fourth-order valence-electron chi connectivity index (χ4n) is 2.31. The highest BCUT2D eigenvalue weighted by atomic mass is 35.5. The van der Waals surface area contributed by atoms with E-state index < -0.39 is 18.5 Å². The summed E-state index contributed by atoms with van der Waals surface area (Å²) in [4.78, 5) is 23.9. The molecule has 0 aliphatic carbocycles. The predicted molar refractivity (Wildman–Crippen MR) is 96.1 cm³/mol. The van der Waals surface area contributed by atoms with Gasteiger partial charge in [-0.25, -0.2) is 4.79 Å². The first-order valence-electron chi connectivity index (χ1n) is 7.81. The second kappa shape index (κ2) is 8.29. The summed E-state index contributed by atoms with van der Waals surface area (Å²) in [7, 11) is 0. The molecule has 1 aliphatic heterocycles. The van der Waals surface area contributed by atoms with E-state index in [0.29, 0.717) is 18.1 Å². The van der Waals surface area contributed by atoms with Crippen LogP contribution in [0.2, 0.25) is 10.0 Å². The van der Waals surface area contributed by atoms with Gasteiger partial charge in [-0.3, -0.25) is 4.79 Å². The number of fused-ring (bicyclic) bond motifs is 1. The average molecular weight is 396 g/mol. The van der Waals surface area contributed by atoms with Gasteiger partial charge in [0.15, 0.2) is 18.1 Å². The van der Waals surface area contributed by atoms with Gasteiger partial charge >= 0.3 is 5.97 Å². The second-order valence-electron chi connectivity index (χ2n) is 5.48. The highest BCUT2D eigenvalue weighted by Crippen LogP contribution is 2.30. The van der Waals surface area contributed by atoms with E-state index in [4.69, 9.17) is 37.4 Å². The van der Waals surface area contributed by atoms with Crippen LogP contribution in [0.25, 0.3) is 0 Å². The molecule has 0 spiro atoms. The van der Waals surface area contributed by atoms with Crippen molar-refractivity contribution in [3.8, 4) is 11.5 Å². The van der Waals surface area contributed by atoms with Crippen molar-refractivity contribution >= 4 is 35.1 Å². The molecule has 1 amide bonds. The Bertz CT molecular complexity index is 827. The highest BCUT2D eigenvalue weighted by molar-refractivity contribution is 6.43. The molecular formula is C18H15Cl2NO5. The minimum Gasteiger partial charge on any atom is -0.486 e. The molecule has 0 unspecified atom stereocenters. The van der Waals surface area contributed by atoms with Crippen LogP contribution in [0.15, 0.2) is 42.5 Å². The van der Waals surface area contributed by atoms with Gasteiger partial charge in [0.1, 0.15) is 12.7 Å². The first-order chi connectivity index (χ1) is 12.5. The van der Waals surface area contributed by atoms with E-state index in [1.54, 1.807) is 18.2 Å². The zero-order valence-electron chi connectivity index (χ0n) is 13.5. The summed E-state index contributed by atoms with van der Waals surface area (Å²) in [5, 5.41) is 2.96. The standard InChI is InChI=1S/C18H15Cl2NO5/c19-13-5-3-4-12(17(13)20)18(23)25-10-16(22)21-8-11-9-24-14-6-1-2-7-15(14)26-11/h1-7,11H,8-10H2,(H,21,22)/t11-/m0/s1. The Labute approximate surface area is 159 Å². The molecule has 0 saturated carbocycles. The van der Waals surface area contributed by atoms with Crippen LogP contribution in [-0.4, -0.2) is 37.7 Å². The van der Waals surface area contributed by atoms with Crippen LogP contribution in [0.4, 0.5) is 0 Å². The fourth-order valence-corrected chi connectivity index (χ4v) is 2.69. The van der Waals surface area contributed by atoms with Crippen molar-refractivity contribution < 1.29 is 23.8 Å². The van der Waals surface area contributed by atoms with Crippen molar-refractivity contribution in [3.05, 3.63) is 58.1 Å². The molecule has 1 atom stereocenters. The normalized spacial score (nSPS) is 15.2. The molecule has 0 radical (unpaired) electrons. The van der Waals surface area contributed by atoms with Crippen molar-refractivity contribution in [1.29, 1.82) is 0 Å². The van der Waals surface area contributed by atoms with Crippen LogP contribution in [0.1, 0.15) is 10.4 Å². The number of hydrogen-bond donors (Lipinski definition) is 1. The summed E-state index contributed by atoms with van der Waals surface area (Å²) in [6, 6.07) is 11.9. The van der Waals surface area contributed by atoms with Crippen molar-refractivity contribution in [2.75, 3.05) is 19.8 Å². The smallest absolute Gasteiger partial charge is 0.340 e. The van der Waals surface area contributed by atoms with Crippen LogP contribution < -0.4 is 14.8 Å². The third-order valence-electron chi connectivity index (χ3n) is 3.60. The first-order valence-corrected chi connectivity index (χ1v) is 8.56. The summed E-state index contributed by atoms with van der Waals surface area (Å²) >= 11 is 11.8. The average Bonchev–Trinajstić information content (AvgIpc) is 2.66. The van der Waals surface area contributed by atoms with E-state index in [0.717, 1.165) is 0 Å². The molecule has 0 saturated heterocycles. The van der Waals surface area contributed by atoms with Gasteiger partial charge in [0, 0.05) is 0 Å². The largest absolute Gasteiger partial charge is 0.486 e. The van der Waals surface area contributed by atoms with Crippen LogP contribution in [0.5, 0.6) is 11.5 Å². The van der Waals surface area contributed by atoms with Crippen LogP contribution >= 0.6 is 23.2 Å². The summed E-state index contributed by atoms with van der Waals surface area (Å²) in [5.74, 6) is 0.111. The lowest BCUT2D eigenvalue weighted by molar-refractivity contribution is -0.124. The number of para-hydroxylation sites is 2. The number of carbonyl (C=O) groups excluding carboxylic acids is 2. The molecule has 0 aromatic heterocycles. The summed E-state index contributed by atoms with van der Waals surface area (Å²) < 4.78 is 16.2. The van der Waals surface area contributed by atoms with Crippen molar-refractivity contribution in [1.82, 2.24) is 5.32 Å². The molecular weight excluding hydrogens is 381 g/mol. The topological polar surface area (TPSA) is 73.9 Å². The zero-order valence-corrected chi connectivity index (χ0v) is 15.0. The first kappa shape index (κ1) is 18.4. The summed E-state index contributed by atoms with van der Waals surface area (Å²) in [6.45, 7) is 0.101. The zero-order chi connectivity index (χ0) is 18.5. The number of rotatable bonds is 5. The van der Waals surface area contributed by atoms with Crippen molar-refractivity contribution in [3.63, 3.8) is 0 Å². The van der Waals surface area contributed by atoms with Crippen molar-refractivity contribution in [2.45, 2.75) is 6.10 Å². The van der Waals surface area contributed by atoms with Crippen LogP contribution in [-0.2, 0) is 9.53 Å². The number of esters is 1. The molecule has 1 heterocycles. The van der Waals surface area contributed by atoms with Gasteiger partial charge in [-0.15, -0.1) is 0 Å². The molecule has 26 heavy (non-hydrogen) atoms. The molecule has 8 heteroatoms. The SMILES string of the molecule is O=C(COC(=O)c1cccc(Cl)c1Cl)NC[C@H]1COc2ccccc2O1. The maximum atomic E-state index is 12.0. The third kappa shape index (κ3) is 4.39. The van der Waals surface area contributed by atoms with Crippen LogP contribution in [0, 0.1) is 0 Å². The lowest BCUT2D eigenvalue weighted by Gasteiger charge is -2.26. The number of amides is 1. The Morgan fingerprint density at radius 2 is 1.88 bits per heavy atom. The Hall–Kier alpha value is -2.44. The van der Waals surface area contributed by atoms with Crippen LogP contribution in [0.3, 0.4) is 0 Å².